The zero-order valence-corrected chi connectivity index (χ0v) is 13.8. The van der Waals surface area contributed by atoms with Gasteiger partial charge in [0.1, 0.15) is 0 Å². The Kier molecular flexibility index (Phi) is 6.15. The molecule has 0 heterocycles. The quantitative estimate of drug-likeness (QED) is 0.327. The molecule has 2 aromatic rings. The smallest absolute Gasteiger partial charge is 0.355 e. The molecule has 144 valence electrons. The van der Waals surface area contributed by atoms with Crippen molar-refractivity contribution >= 4 is 29.8 Å². The molecule has 13 heteroatoms. The maximum Gasteiger partial charge on any atom is 0.355 e. The van der Waals surface area contributed by atoms with Crippen LogP contribution < -0.4 is 10.9 Å². The molecule has 0 fully saturated rings. The third-order valence-corrected chi connectivity index (χ3v) is 3.15. The monoisotopic (exact) mass is 388 g/mol. The van der Waals surface area contributed by atoms with Crippen LogP contribution in [0, 0.1) is 20.2 Å². The first-order chi connectivity index (χ1) is 13.3. The third-order valence-electron chi connectivity index (χ3n) is 3.15. The van der Waals surface area contributed by atoms with Crippen molar-refractivity contribution in [1.82, 2.24) is 10.9 Å². The summed E-state index contributed by atoms with van der Waals surface area (Å²) in [6, 6.07) is 6.20. The summed E-state index contributed by atoms with van der Waals surface area (Å²) in [5.41, 5.74) is 3.57. The first kappa shape index (κ1) is 19.8. The molecule has 0 aliphatic heterocycles. The van der Waals surface area contributed by atoms with E-state index in [1.807, 2.05) is 10.9 Å². The lowest BCUT2D eigenvalue weighted by atomic mass is 10.2. The van der Waals surface area contributed by atoms with Crippen molar-refractivity contribution < 1.29 is 24.9 Å². The van der Waals surface area contributed by atoms with Gasteiger partial charge in [-0.2, -0.15) is 10.2 Å². The summed E-state index contributed by atoms with van der Waals surface area (Å²) in [7, 11) is 0. The Morgan fingerprint density at radius 1 is 0.857 bits per heavy atom. The van der Waals surface area contributed by atoms with Crippen LogP contribution in [-0.4, -0.2) is 38.5 Å². The molecule has 2 amide bonds. The van der Waals surface area contributed by atoms with Crippen LogP contribution in [-0.2, 0) is 0 Å². The largest absolute Gasteiger partial charge is 0.502 e. The van der Waals surface area contributed by atoms with Gasteiger partial charge in [-0.1, -0.05) is 0 Å². The number of benzene rings is 2. The van der Waals surface area contributed by atoms with Gasteiger partial charge in [-0.25, -0.2) is 15.6 Å². The molecule has 0 saturated heterocycles. The van der Waals surface area contributed by atoms with E-state index >= 15 is 0 Å². The van der Waals surface area contributed by atoms with Crippen molar-refractivity contribution in [3.63, 3.8) is 0 Å². The van der Waals surface area contributed by atoms with E-state index in [1.165, 1.54) is 12.1 Å². The number of carbonyl (C=O) groups is 1. The van der Waals surface area contributed by atoms with Gasteiger partial charge in [0.05, 0.1) is 22.3 Å². The van der Waals surface area contributed by atoms with E-state index in [0.29, 0.717) is 0 Å². The number of amides is 2. The molecule has 0 saturated carbocycles. The van der Waals surface area contributed by atoms with E-state index in [0.717, 1.165) is 36.7 Å². The molecule has 0 aliphatic rings. The van der Waals surface area contributed by atoms with E-state index < -0.39 is 38.8 Å². The van der Waals surface area contributed by atoms with Crippen LogP contribution in [0.4, 0.5) is 16.2 Å². The Morgan fingerprint density at radius 2 is 1.25 bits per heavy atom. The standard InChI is InChI=1S/C15H12N6O7/c22-13-3-1-9(5-11(13)20(25)26)7-16-18-15(24)19-17-8-10-2-4-14(23)12(6-10)21(27)28/h1-8,22-23H,(H2,18,19,24)/b16-7+,17-8?. The van der Waals surface area contributed by atoms with E-state index in [4.69, 9.17) is 0 Å². The highest BCUT2D eigenvalue weighted by Gasteiger charge is 2.13. The number of rotatable bonds is 6. The van der Waals surface area contributed by atoms with Crippen LogP contribution in [0.1, 0.15) is 11.1 Å². The molecule has 0 atom stereocenters. The number of aromatic hydroxyl groups is 2. The molecule has 0 aromatic heterocycles. The van der Waals surface area contributed by atoms with Gasteiger partial charge in [-0.15, -0.1) is 0 Å². The highest BCUT2D eigenvalue weighted by molar-refractivity contribution is 5.85. The number of nitro benzene ring substituents is 2. The first-order valence-corrected chi connectivity index (χ1v) is 7.35. The average molecular weight is 388 g/mol. The number of nitrogens with one attached hydrogen (secondary N) is 2. The van der Waals surface area contributed by atoms with E-state index in [9.17, 15) is 35.2 Å². The number of phenols is 2. The van der Waals surface area contributed by atoms with E-state index in [2.05, 4.69) is 10.2 Å². The number of nitro groups is 2. The molecule has 0 bridgehead atoms. The Hall–Kier alpha value is -4.55. The molecule has 13 nitrogen and oxygen atoms in total. The summed E-state index contributed by atoms with van der Waals surface area (Å²) < 4.78 is 0. The molecule has 4 N–H and O–H groups in total. The van der Waals surface area contributed by atoms with Crippen LogP contribution in [0.2, 0.25) is 0 Å². The molecular formula is C15H12N6O7. The average Bonchev–Trinajstić information content (AvgIpc) is 2.64. The lowest BCUT2D eigenvalue weighted by Crippen LogP contribution is -2.28. The molecule has 0 spiro atoms. The maximum absolute atomic E-state index is 11.5. The minimum absolute atomic E-state index is 0.254. The molecule has 0 unspecified atom stereocenters. The summed E-state index contributed by atoms with van der Waals surface area (Å²) in [6.07, 6.45) is 2.22. The predicted molar refractivity (Wildman–Crippen MR) is 96.4 cm³/mol. The van der Waals surface area contributed by atoms with Gasteiger partial charge in [-0.05, 0) is 24.3 Å². The van der Waals surface area contributed by atoms with Crippen LogP contribution in [0.5, 0.6) is 11.5 Å². The third kappa shape index (κ3) is 5.22. The SMILES string of the molecule is O=C(NN=Cc1ccc(O)c([N+](=O)[O-])c1)N/N=C/c1ccc(O)c([N+](=O)[O-])c1. The fourth-order valence-corrected chi connectivity index (χ4v) is 1.89. The second kappa shape index (κ2) is 8.70. The summed E-state index contributed by atoms with van der Waals surface area (Å²) >= 11 is 0. The number of urea groups is 1. The fraction of sp³-hybridized carbons (Fsp3) is 0. The van der Waals surface area contributed by atoms with Gasteiger partial charge in [-0.3, -0.25) is 20.2 Å². The van der Waals surface area contributed by atoms with E-state index in [-0.39, 0.29) is 11.1 Å². The highest BCUT2D eigenvalue weighted by Crippen LogP contribution is 2.26. The highest BCUT2D eigenvalue weighted by atomic mass is 16.6. The number of phenolic OH excluding ortho intramolecular Hbond substituents is 2. The van der Waals surface area contributed by atoms with Crippen LogP contribution in [0.3, 0.4) is 0 Å². The van der Waals surface area contributed by atoms with Crippen LogP contribution in [0.15, 0.2) is 46.6 Å². The summed E-state index contributed by atoms with van der Waals surface area (Å²) in [6.45, 7) is 0. The number of hydrazone groups is 2. The topological polar surface area (TPSA) is 193 Å². The van der Waals surface area contributed by atoms with Crippen LogP contribution in [0.25, 0.3) is 0 Å². The molecule has 2 rings (SSSR count). The van der Waals surface area contributed by atoms with E-state index in [1.54, 1.807) is 0 Å². The molecule has 28 heavy (non-hydrogen) atoms. The minimum atomic E-state index is -0.853. The molecule has 0 aliphatic carbocycles. The zero-order chi connectivity index (χ0) is 20.7. The first-order valence-electron chi connectivity index (χ1n) is 7.35. The lowest BCUT2D eigenvalue weighted by molar-refractivity contribution is -0.386. The number of carbonyl (C=O) groups excluding carboxylic acids is 1. The second-order valence-electron chi connectivity index (χ2n) is 5.08. The zero-order valence-electron chi connectivity index (χ0n) is 13.8. The summed E-state index contributed by atoms with van der Waals surface area (Å²) in [5.74, 6) is -1.01. The molecule has 2 aromatic carbocycles. The number of hydrogen-bond donors (Lipinski definition) is 4. The van der Waals surface area contributed by atoms with Gasteiger partial charge in [0, 0.05) is 23.3 Å². The molecule has 0 radical (unpaired) electrons. The van der Waals surface area contributed by atoms with Crippen molar-refractivity contribution in [3.05, 3.63) is 67.8 Å². The maximum atomic E-state index is 11.5. The second-order valence-corrected chi connectivity index (χ2v) is 5.08. The molecular weight excluding hydrogens is 376 g/mol. The van der Waals surface area contributed by atoms with Crippen molar-refractivity contribution in [2.24, 2.45) is 10.2 Å². The van der Waals surface area contributed by atoms with Crippen molar-refractivity contribution in [3.8, 4) is 11.5 Å². The number of nitrogens with zero attached hydrogens (tertiary/aromatic N) is 4. The van der Waals surface area contributed by atoms with Gasteiger partial charge in [0.15, 0.2) is 11.5 Å². The Bertz CT molecular complexity index is 911. The van der Waals surface area contributed by atoms with Crippen LogP contribution >= 0.6 is 0 Å². The van der Waals surface area contributed by atoms with Gasteiger partial charge >= 0.3 is 17.4 Å². The summed E-state index contributed by atoms with van der Waals surface area (Å²) in [4.78, 5) is 31.4. The van der Waals surface area contributed by atoms with Crippen molar-refractivity contribution in [2.45, 2.75) is 0 Å². The summed E-state index contributed by atoms with van der Waals surface area (Å²) in [5, 5.41) is 47.2. The fourth-order valence-electron chi connectivity index (χ4n) is 1.89. The minimum Gasteiger partial charge on any atom is -0.502 e. The number of hydrogen-bond acceptors (Lipinski definition) is 9. The van der Waals surface area contributed by atoms with Crippen molar-refractivity contribution in [1.29, 1.82) is 0 Å². The van der Waals surface area contributed by atoms with Gasteiger partial charge in [0.2, 0.25) is 0 Å². The van der Waals surface area contributed by atoms with Gasteiger partial charge in [0.25, 0.3) is 0 Å². The lowest BCUT2D eigenvalue weighted by Gasteiger charge is -2.00. The van der Waals surface area contributed by atoms with Gasteiger partial charge < -0.3 is 10.2 Å². The Morgan fingerprint density at radius 3 is 1.61 bits per heavy atom. The Balaban J connectivity index is 1.93. The Labute approximate surface area is 155 Å². The van der Waals surface area contributed by atoms with Crippen molar-refractivity contribution in [2.75, 3.05) is 0 Å². The predicted octanol–water partition coefficient (Wildman–Crippen LogP) is 1.58. The normalized spacial score (nSPS) is 10.9.